The van der Waals surface area contributed by atoms with Crippen molar-refractivity contribution in [2.75, 3.05) is 5.32 Å². The Balaban J connectivity index is 1.90. The Morgan fingerprint density at radius 2 is 2.10 bits per heavy atom. The molecule has 0 atom stereocenters. The Bertz CT molecular complexity index is 597. The van der Waals surface area contributed by atoms with Gasteiger partial charge in [0.1, 0.15) is 5.75 Å². The van der Waals surface area contributed by atoms with Gasteiger partial charge in [0.2, 0.25) is 5.91 Å². The largest absolute Gasteiger partial charge is 0.435 e. The zero-order valence-electron chi connectivity index (χ0n) is 11.4. The van der Waals surface area contributed by atoms with Gasteiger partial charge in [0.05, 0.1) is 6.42 Å². The third-order valence-corrected chi connectivity index (χ3v) is 2.79. The highest BCUT2D eigenvalue weighted by atomic mass is 19.3. The number of aromatic amines is 1. The maximum absolute atomic E-state index is 12.0. The lowest BCUT2D eigenvalue weighted by molar-refractivity contribution is -0.115. The number of aromatic nitrogens is 2. The van der Waals surface area contributed by atoms with Crippen molar-refractivity contribution in [2.24, 2.45) is 0 Å². The number of aryl methyl sites for hydroxylation is 1. The summed E-state index contributed by atoms with van der Waals surface area (Å²) in [5, 5.41) is 9.41. The first kappa shape index (κ1) is 15.0. The van der Waals surface area contributed by atoms with E-state index in [0.29, 0.717) is 11.4 Å². The van der Waals surface area contributed by atoms with Crippen molar-refractivity contribution in [3.05, 3.63) is 41.6 Å². The molecule has 112 valence electrons. The number of hydrogen-bond acceptors (Lipinski definition) is 3. The van der Waals surface area contributed by atoms with E-state index in [0.717, 1.165) is 12.1 Å². The first-order valence-corrected chi connectivity index (χ1v) is 6.44. The first-order valence-electron chi connectivity index (χ1n) is 6.44. The summed E-state index contributed by atoms with van der Waals surface area (Å²) in [6.07, 6.45) is 0.928. The van der Waals surface area contributed by atoms with Crippen LogP contribution in [0.2, 0.25) is 0 Å². The second-order valence-electron chi connectivity index (χ2n) is 4.38. The molecule has 0 unspecified atom stereocenters. The molecule has 1 heterocycles. The number of ether oxygens (including phenoxy) is 1. The number of halogens is 2. The number of amides is 1. The molecule has 2 rings (SSSR count). The minimum atomic E-state index is -2.86. The summed E-state index contributed by atoms with van der Waals surface area (Å²) < 4.78 is 28.3. The van der Waals surface area contributed by atoms with Crippen molar-refractivity contribution in [3.63, 3.8) is 0 Å². The van der Waals surface area contributed by atoms with E-state index in [1.54, 1.807) is 18.2 Å². The summed E-state index contributed by atoms with van der Waals surface area (Å²) >= 11 is 0. The average Bonchev–Trinajstić information content (AvgIpc) is 2.88. The number of nitrogens with one attached hydrogen (secondary N) is 2. The van der Waals surface area contributed by atoms with E-state index in [9.17, 15) is 13.6 Å². The van der Waals surface area contributed by atoms with Crippen LogP contribution in [0, 0.1) is 0 Å². The molecule has 2 N–H and O–H groups in total. The topological polar surface area (TPSA) is 67.0 Å². The highest BCUT2D eigenvalue weighted by Crippen LogP contribution is 2.15. The number of hydrogen-bond donors (Lipinski definition) is 2. The smallest absolute Gasteiger partial charge is 0.387 e. The molecule has 0 saturated heterocycles. The van der Waals surface area contributed by atoms with Crippen molar-refractivity contribution in [2.45, 2.75) is 26.4 Å². The molecule has 0 aliphatic carbocycles. The number of benzene rings is 1. The molecule has 2 aromatic rings. The minimum absolute atomic E-state index is 0.0639. The molecule has 5 nitrogen and oxygen atoms in total. The molecule has 0 fully saturated rings. The van der Waals surface area contributed by atoms with Gasteiger partial charge < -0.3 is 10.1 Å². The fourth-order valence-electron chi connectivity index (χ4n) is 1.77. The summed E-state index contributed by atoms with van der Waals surface area (Å²) in [6, 6.07) is 7.70. The molecule has 0 aliphatic heterocycles. The molecular formula is C14H15F2N3O2. The second kappa shape index (κ2) is 6.83. The Morgan fingerprint density at radius 1 is 1.38 bits per heavy atom. The summed E-state index contributed by atoms with van der Waals surface area (Å²) in [4.78, 5) is 11.8. The van der Waals surface area contributed by atoms with Crippen LogP contribution in [0.1, 0.15) is 18.2 Å². The van der Waals surface area contributed by atoms with Crippen molar-refractivity contribution in [1.82, 2.24) is 10.2 Å². The molecule has 0 saturated carbocycles. The van der Waals surface area contributed by atoms with Crippen LogP contribution in [0.25, 0.3) is 0 Å². The van der Waals surface area contributed by atoms with Gasteiger partial charge in [0, 0.05) is 11.8 Å². The molecule has 1 aromatic heterocycles. The van der Waals surface area contributed by atoms with Crippen molar-refractivity contribution >= 4 is 11.7 Å². The molecule has 0 radical (unpaired) electrons. The molecule has 1 aromatic carbocycles. The van der Waals surface area contributed by atoms with Gasteiger partial charge in [-0.3, -0.25) is 9.89 Å². The second-order valence-corrected chi connectivity index (χ2v) is 4.38. The highest BCUT2D eigenvalue weighted by molar-refractivity contribution is 5.91. The number of alkyl halides is 2. The fraction of sp³-hybridized carbons (Fsp3) is 0.286. The van der Waals surface area contributed by atoms with Crippen molar-refractivity contribution in [1.29, 1.82) is 0 Å². The van der Waals surface area contributed by atoms with E-state index in [4.69, 9.17) is 0 Å². The van der Waals surface area contributed by atoms with Gasteiger partial charge in [-0.25, -0.2) is 0 Å². The van der Waals surface area contributed by atoms with Crippen molar-refractivity contribution < 1.29 is 18.3 Å². The van der Waals surface area contributed by atoms with Gasteiger partial charge in [-0.05, 0) is 24.1 Å². The Kier molecular flexibility index (Phi) is 4.86. The molecule has 7 heteroatoms. The van der Waals surface area contributed by atoms with Gasteiger partial charge >= 0.3 is 6.61 Å². The van der Waals surface area contributed by atoms with Crippen LogP contribution in [0.4, 0.5) is 14.6 Å². The van der Waals surface area contributed by atoms with Crippen LogP contribution >= 0.6 is 0 Å². The Labute approximate surface area is 120 Å². The SMILES string of the molecule is CCc1cc(NC(=O)Cc2ccc(OC(F)F)cc2)n[nH]1. The van der Waals surface area contributed by atoms with Crippen LogP contribution in [0.3, 0.4) is 0 Å². The number of rotatable bonds is 6. The van der Waals surface area contributed by atoms with E-state index in [-0.39, 0.29) is 18.1 Å². The first-order chi connectivity index (χ1) is 10.1. The Hall–Kier alpha value is -2.44. The molecule has 0 bridgehead atoms. The number of carbonyl (C=O) groups is 1. The number of H-pyrrole nitrogens is 1. The quantitative estimate of drug-likeness (QED) is 0.861. The normalized spacial score (nSPS) is 10.7. The number of carbonyl (C=O) groups excluding carboxylic acids is 1. The van der Waals surface area contributed by atoms with E-state index in [1.807, 2.05) is 6.92 Å². The zero-order valence-corrected chi connectivity index (χ0v) is 11.4. The minimum Gasteiger partial charge on any atom is -0.435 e. The molecular weight excluding hydrogens is 280 g/mol. The van der Waals surface area contributed by atoms with Crippen LogP contribution in [-0.2, 0) is 17.6 Å². The van der Waals surface area contributed by atoms with Crippen LogP contribution in [0.5, 0.6) is 5.75 Å². The summed E-state index contributed by atoms with van der Waals surface area (Å²) in [7, 11) is 0. The predicted molar refractivity (Wildman–Crippen MR) is 73.4 cm³/mol. The number of nitrogens with zero attached hydrogens (tertiary/aromatic N) is 1. The third kappa shape index (κ3) is 4.55. The monoisotopic (exact) mass is 295 g/mol. The summed E-state index contributed by atoms with van der Waals surface area (Å²) in [5.74, 6) is 0.301. The average molecular weight is 295 g/mol. The van der Waals surface area contributed by atoms with E-state index >= 15 is 0 Å². The van der Waals surface area contributed by atoms with Crippen LogP contribution in [0.15, 0.2) is 30.3 Å². The van der Waals surface area contributed by atoms with Crippen LogP contribution < -0.4 is 10.1 Å². The summed E-state index contributed by atoms with van der Waals surface area (Å²) in [6.45, 7) is -0.881. The van der Waals surface area contributed by atoms with E-state index < -0.39 is 6.61 Å². The lowest BCUT2D eigenvalue weighted by Crippen LogP contribution is -2.14. The van der Waals surface area contributed by atoms with Gasteiger partial charge in [-0.2, -0.15) is 13.9 Å². The highest BCUT2D eigenvalue weighted by Gasteiger charge is 2.08. The molecule has 0 aliphatic rings. The lowest BCUT2D eigenvalue weighted by Gasteiger charge is -2.05. The predicted octanol–water partition coefficient (Wildman–Crippen LogP) is 2.75. The maximum Gasteiger partial charge on any atom is 0.387 e. The third-order valence-electron chi connectivity index (χ3n) is 2.79. The Morgan fingerprint density at radius 3 is 2.67 bits per heavy atom. The standard InChI is InChI=1S/C14H15F2N3O2/c1-2-10-8-12(19-18-10)17-13(20)7-9-3-5-11(6-4-9)21-14(15)16/h3-6,8,14H,2,7H2,1H3,(H2,17,18,19,20). The van der Waals surface area contributed by atoms with E-state index in [2.05, 4.69) is 20.3 Å². The van der Waals surface area contributed by atoms with Gasteiger partial charge in [-0.1, -0.05) is 19.1 Å². The zero-order chi connectivity index (χ0) is 15.2. The summed E-state index contributed by atoms with van der Waals surface area (Å²) in [5.41, 5.74) is 1.62. The lowest BCUT2D eigenvalue weighted by atomic mass is 10.1. The van der Waals surface area contributed by atoms with Gasteiger partial charge in [0.15, 0.2) is 5.82 Å². The number of anilines is 1. The van der Waals surface area contributed by atoms with Crippen molar-refractivity contribution in [3.8, 4) is 5.75 Å². The van der Waals surface area contributed by atoms with Gasteiger partial charge in [-0.15, -0.1) is 0 Å². The molecule has 0 spiro atoms. The van der Waals surface area contributed by atoms with Crippen LogP contribution in [-0.4, -0.2) is 22.7 Å². The van der Waals surface area contributed by atoms with Gasteiger partial charge in [0.25, 0.3) is 0 Å². The van der Waals surface area contributed by atoms with E-state index in [1.165, 1.54) is 12.1 Å². The maximum atomic E-state index is 12.0. The molecule has 21 heavy (non-hydrogen) atoms. The fourth-order valence-corrected chi connectivity index (χ4v) is 1.77. The molecule has 1 amide bonds.